The second kappa shape index (κ2) is 6.57. The van der Waals surface area contributed by atoms with Gasteiger partial charge in [0.25, 0.3) is 0 Å². The van der Waals surface area contributed by atoms with Gasteiger partial charge in [-0.3, -0.25) is 4.90 Å². The summed E-state index contributed by atoms with van der Waals surface area (Å²) in [5.74, 6) is 0.548. The third kappa shape index (κ3) is 3.92. The Morgan fingerprint density at radius 3 is 2.32 bits per heavy atom. The predicted octanol–water partition coefficient (Wildman–Crippen LogP) is 3.36. The minimum absolute atomic E-state index is 0.0366. The fourth-order valence-corrected chi connectivity index (χ4v) is 2.80. The van der Waals surface area contributed by atoms with Crippen LogP contribution in [-0.4, -0.2) is 37.6 Å². The van der Waals surface area contributed by atoms with Crippen molar-refractivity contribution >= 4 is 5.69 Å². The van der Waals surface area contributed by atoms with Crippen LogP contribution < -0.4 is 4.90 Å². The zero-order chi connectivity index (χ0) is 16.3. The number of anilines is 1. The fourth-order valence-electron chi connectivity index (χ4n) is 2.80. The van der Waals surface area contributed by atoms with Crippen LogP contribution in [0, 0.1) is 17.2 Å². The van der Waals surface area contributed by atoms with E-state index in [4.69, 9.17) is 5.26 Å². The summed E-state index contributed by atoms with van der Waals surface area (Å²) in [6.45, 7) is 7.89. The van der Waals surface area contributed by atoms with Gasteiger partial charge in [-0.2, -0.15) is 18.4 Å². The Kier molecular flexibility index (Phi) is 4.97. The molecule has 0 amide bonds. The van der Waals surface area contributed by atoms with Gasteiger partial charge in [-0.25, -0.2) is 0 Å². The maximum atomic E-state index is 13.2. The summed E-state index contributed by atoms with van der Waals surface area (Å²) in [5, 5.41) is 8.81. The van der Waals surface area contributed by atoms with Crippen LogP contribution in [0.1, 0.15) is 25.0 Å². The van der Waals surface area contributed by atoms with Gasteiger partial charge in [-0.1, -0.05) is 13.8 Å². The van der Waals surface area contributed by atoms with E-state index < -0.39 is 11.7 Å². The summed E-state index contributed by atoms with van der Waals surface area (Å²) >= 11 is 0. The highest BCUT2D eigenvalue weighted by Crippen LogP contribution is 2.37. The average molecular weight is 311 g/mol. The molecule has 0 unspecified atom stereocenters. The zero-order valence-corrected chi connectivity index (χ0v) is 12.8. The van der Waals surface area contributed by atoms with E-state index in [0.29, 0.717) is 19.0 Å². The van der Waals surface area contributed by atoms with Gasteiger partial charge in [-0.15, -0.1) is 0 Å². The summed E-state index contributed by atoms with van der Waals surface area (Å²) in [7, 11) is 0. The Morgan fingerprint density at radius 1 is 1.18 bits per heavy atom. The van der Waals surface area contributed by atoms with E-state index in [1.54, 1.807) is 11.0 Å². The molecule has 3 nitrogen and oxygen atoms in total. The van der Waals surface area contributed by atoms with E-state index in [0.717, 1.165) is 25.7 Å². The molecule has 2 rings (SSSR count). The van der Waals surface area contributed by atoms with Gasteiger partial charge in [0.05, 0.1) is 17.2 Å². The van der Waals surface area contributed by atoms with Gasteiger partial charge < -0.3 is 4.90 Å². The van der Waals surface area contributed by atoms with E-state index in [2.05, 4.69) is 18.7 Å². The molecular formula is C16H20F3N3. The summed E-state index contributed by atoms with van der Waals surface area (Å²) < 4.78 is 39.7. The number of halogens is 3. The lowest BCUT2D eigenvalue weighted by molar-refractivity contribution is -0.137. The molecule has 0 spiro atoms. The van der Waals surface area contributed by atoms with Gasteiger partial charge in [0, 0.05) is 38.4 Å². The maximum Gasteiger partial charge on any atom is 0.418 e. The molecule has 1 fully saturated rings. The topological polar surface area (TPSA) is 30.3 Å². The van der Waals surface area contributed by atoms with Gasteiger partial charge in [0.2, 0.25) is 0 Å². The van der Waals surface area contributed by atoms with Crippen molar-refractivity contribution in [3.05, 3.63) is 29.3 Å². The number of alkyl halides is 3. The summed E-state index contributed by atoms with van der Waals surface area (Å²) in [6.07, 6.45) is -4.45. The molecule has 0 radical (unpaired) electrons. The Balaban J connectivity index is 2.18. The Morgan fingerprint density at radius 2 is 1.82 bits per heavy atom. The van der Waals surface area contributed by atoms with E-state index in [-0.39, 0.29) is 11.3 Å². The summed E-state index contributed by atoms with van der Waals surface area (Å²) in [6, 6.07) is 5.58. The fraction of sp³-hybridized carbons (Fsp3) is 0.562. The summed E-state index contributed by atoms with van der Waals surface area (Å²) in [4.78, 5) is 4.04. The van der Waals surface area contributed by atoms with E-state index >= 15 is 0 Å². The van der Waals surface area contributed by atoms with E-state index in [1.165, 1.54) is 12.1 Å². The molecule has 22 heavy (non-hydrogen) atoms. The Hall–Kier alpha value is -1.74. The molecule has 1 aliphatic rings. The van der Waals surface area contributed by atoms with Crippen LogP contribution in [0.15, 0.2) is 18.2 Å². The molecule has 6 heteroatoms. The Bertz CT molecular complexity index is 553. The highest BCUT2D eigenvalue weighted by atomic mass is 19.4. The molecule has 1 heterocycles. The summed E-state index contributed by atoms with van der Waals surface area (Å²) in [5.41, 5.74) is -0.505. The van der Waals surface area contributed by atoms with Crippen molar-refractivity contribution in [1.29, 1.82) is 5.26 Å². The standard InChI is InChI=1S/C16H20F3N3/c1-12(2)11-21-5-7-22(8-6-21)15-4-3-13(10-20)9-14(15)16(17,18)19/h3-4,9,12H,5-8,11H2,1-2H3. The molecule has 1 saturated heterocycles. The average Bonchev–Trinajstić information content (AvgIpc) is 2.46. The van der Waals surface area contributed by atoms with Gasteiger partial charge in [-0.05, 0) is 24.1 Å². The number of nitrogens with zero attached hydrogens (tertiary/aromatic N) is 3. The molecule has 0 saturated carbocycles. The largest absolute Gasteiger partial charge is 0.418 e. The molecule has 0 bridgehead atoms. The minimum atomic E-state index is -4.45. The minimum Gasteiger partial charge on any atom is -0.368 e. The molecule has 1 aromatic rings. The molecule has 0 aliphatic carbocycles. The van der Waals surface area contributed by atoms with Crippen LogP contribution >= 0.6 is 0 Å². The van der Waals surface area contributed by atoms with Crippen LogP contribution in [0.25, 0.3) is 0 Å². The molecule has 0 atom stereocenters. The normalized spacial score (nSPS) is 16.9. The zero-order valence-electron chi connectivity index (χ0n) is 12.8. The van der Waals surface area contributed by atoms with Crippen LogP contribution in [-0.2, 0) is 6.18 Å². The second-order valence-electron chi connectivity index (χ2n) is 6.02. The van der Waals surface area contributed by atoms with Crippen molar-refractivity contribution in [3.63, 3.8) is 0 Å². The quantitative estimate of drug-likeness (QED) is 0.857. The molecule has 120 valence electrons. The molecule has 0 aromatic heterocycles. The maximum absolute atomic E-state index is 13.2. The lowest BCUT2D eigenvalue weighted by Gasteiger charge is -2.37. The predicted molar refractivity (Wildman–Crippen MR) is 79.7 cm³/mol. The lowest BCUT2D eigenvalue weighted by atomic mass is 10.1. The van der Waals surface area contributed by atoms with E-state index in [1.807, 2.05) is 0 Å². The first kappa shape index (κ1) is 16.6. The third-order valence-corrected chi connectivity index (χ3v) is 3.77. The van der Waals surface area contributed by atoms with Gasteiger partial charge in [0.15, 0.2) is 0 Å². The van der Waals surface area contributed by atoms with Crippen molar-refractivity contribution in [1.82, 2.24) is 4.90 Å². The van der Waals surface area contributed by atoms with Gasteiger partial charge >= 0.3 is 6.18 Å². The number of hydrogen-bond donors (Lipinski definition) is 0. The number of benzene rings is 1. The third-order valence-electron chi connectivity index (χ3n) is 3.77. The van der Waals surface area contributed by atoms with Crippen molar-refractivity contribution in [3.8, 4) is 6.07 Å². The first-order valence-corrected chi connectivity index (χ1v) is 7.40. The number of nitriles is 1. The first-order valence-electron chi connectivity index (χ1n) is 7.40. The van der Waals surface area contributed by atoms with Crippen molar-refractivity contribution in [2.24, 2.45) is 5.92 Å². The van der Waals surface area contributed by atoms with Crippen LogP contribution in [0.3, 0.4) is 0 Å². The molecule has 1 aliphatic heterocycles. The van der Waals surface area contributed by atoms with E-state index in [9.17, 15) is 13.2 Å². The van der Waals surface area contributed by atoms with Crippen LogP contribution in [0.5, 0.6) is 0 Å². The monoisotopic (exact) mass is 311 g/mol. The number of rotatable bonds is 3. The van der Waals surface area contributed by atoms with Gasteiger partial charge in [0.1, 0.15) is 0 Å². The highest BCUT2D eigenvalue weighted by molar-refractivity contribution is 5.58. The van der Waals surface area contributed by atoms with Crippen molar-refractivity contribution < 1.29 is 13.2 Å². The molecule has 1 aromatic carbocycles. The first-order chi connectivity index (χ1) is 10.3. The van der Waals surface area contributed by atoms with Crippen LogP contribution in [0.4, 0.5) is 18.9 Å². The highest BCUT2D eigenvalue weighted by Gasteiger charge is 2.35. The molecular weight excluding hydrogens is 291 g/mol. The lowest BCUT2D eigenvalue weighted by Crippen LogP contribution is -2.47. The number of piperazine rings is 1. The van der Waals surface area contributed by atoms with Crippen LogP contribution in [0.2, 0.25) is 0 Å². The SMILES string of the molecule is CC(C)CN1CCN(c2ccc(C#N)cc2C(F)(F)F)CC1. The number of hydrogen-bond acceptors (Lipinski definition) is 3. The van der Waals surface area contributed by atoms with Crippen molar-refractivity contribution in [2.75, 3.05) is 37.6 Å². The Labute approximate surface area is 128 Å². The van der Waals surface area contributed by atoms with Crippen molar-refractivity contribution in [2.45, 2.75) is 20.0 Å². The second-order valence-corrected chi connectivity index (χ2v) is 6.02. The smallest absolute Gasteiger partial charge is 0.368 e. The molecule has 0 N–H and O–H groups in total.